The standard InChI is InChI=1S/C11H11Cl2F4NO2S/c1-18(3-2-11(15,16)17)21(19,20)8-4-7(6-12)10(13)9(14)5-8/h4-5H,2-3,6H2,1H3. The van der Waals surface area contributed by atoms with Crippen molar-refractivity contribution in [3.8, 4) is 0 Å². The molecule has 3 nitrogen and oxygen atoms in total. The minimum absolute atomic E-state index is 0.0427. The Morgan fingerprint density at radius 3 is 2.33 bits per heavy atom. The van der Waals surface area contributed by atoms with Crippen LogP contribution in [0.2, 0.25) is 5.02 Å². The van der Waals surface area contributed by atoms with Crippen molar-refractivity contribution in [2.45, 2.75) is 23.4 Å². The van der Waals surface area contributed by atoms with Gasteiger partial charge in [0, 0.05) is 19.5 Å². The largest absolute Gasteiger partial charge is 0.390 e. The molecular formula is C11H11Cl2F4NO2S. The van der Waals surface area contributed by atoms with Crippen molar-refractivity contribution >= 4 is 33.2 Å². The third-order valence-corrected chi connectivity index (χ3v) is 5.19. The number of sulfonamides is 1. The van der Waals surface area contributed by atoms with Gasteiger partial charge in [-0.15, -0.1) is 11.6 Å². The molecule has 0 aliphatic heterocycles. The number of alkyl halides is 4. The van der Waals surface area contributed by atoms with E-state index in [-0.39, 0.29) is 16.5 Å². The lowest BCUT2D eigenvalue weighted by molar-refractivity contribution is -0.135. The van der Waals surface area contributed by atoms with E-state index in [0.29, 0.717) is 10.4 Å². The van der Waals surface area contributed by atoms with Crippen molar-refractivity contribution in [3.63, 3.8) is 0 Å². The molecule has 0 spiro atoms. The van der Waals surface area contributed by atoms with Crippen LogP contribution < -0.4 is 0 Å². The Balaban J connectivity index is 3.10. The molecule has 0 unspecified atom stereocenters. The van der Waals surface area contributed by atoms with Crippen LogP contribution in [0.3, 0.4) is 0 Å². The fraction of sp³-hybridized carbons (Fsp3) is 0.455. The molecule has 0 amide bonds. The third kappa shape index (κ3) is 4.70. The van der Waals surface area contributed by atoms with Gasteiger partial charge in [0.25, 0.3) is 0 Å². The minimum Gasteiger partial charge on any atom is -0.207 e. The highest BCUT2D eigenvalue weighted by molar-refractivity contribution is 7.89. The summed E-state index contributed by atoms with van der Waals surface area (Å²) in [4.78, 5) is -0.496. The second-order valence-electron chi connectivity index (χ2n) is 4.20. The van der Waals surface area contributed by atoms with Crippen LogP contribution in [0.15, 0.2) is 17.0 Å². The Hall–Kier alpha value is -0.570. The average Bonchev–Trinajstić information content (AvgIpc) is 2.37. The van der Waals surface area contributed by atoms with Crippen LogP contribution in [-0.4, -0.2) is 32.5 Å². The van der Waals surface area contributed by atoms with Crippen LogP contribution >= 0.6 is 23.2 Å². The Kier molecular flexibility index (Phi) is 5.88. The van der Waals surface area contributed by atoms with Gasteiger partial charge in [-0.25, -0.2) is 17.1 Å². The molecule has 21 heavy (non-hydrogen) atoms. The maximum Gasteiger partial charge on any atom is 0.390 e. The fourth-order valence-electron chi connectivity index (χ4n) is 1.45. The molecule has 0 aliphatic carbocycles. The van der Waals surface area contributed by atoms with E-state index in [1.807, 2.05) is 0 Å². The number of rotatable bonds is 5. The first-order chi connectivity index (χ1) is 9.49. The van der Waals surface area contributed by atoms with Crippen molar-refractivity contribution in [1.82, 2.24) is 4.31 Å². The highest BCUT2D eigenvalue weighted by Gasteiger charge is 2.31. The van der Waals surface area contributed by atoms with E-state index in [1.54, 1.807) is 0 Å². The molecule has 1 rings (SSSR count). The number of hydrogen-bond acceptors (Lipinski definition) is 2. The zero-order chi connectivity index (χ0) is 16.4. The summed E-state index contributed by atoms with van der Waals surface area (Å²) in [5, 5.41) is -0.318. The fourth-order valence-corrected chi connectivity index (χ4v) is 3.14. The molecule has 0 atom stereocenters. The van der Waals surface area contributed by atoms with Crippen LogP contribution in [0, 0.1) is 5.82 Å². The first-order valence-corrected chi connectivity index (χ1v) is 7.91. The molecule has 1 aromatic carbocycles. The first kappa shape index (κ1) is 18.5. The summed E-state index contributed by atoms with van der Waals surface area (Å²) in [6.07, 6.45) is -5.79. The third-order valence-electron chi connectivity index (χ3n) is 2.64. The molecule has 0 aliphatic rings. The Morgan fingerprint density at radius 2 is 1.86 bits per heavy atom. The molecule has 0 aromatic heterocycles. The summed E-state index contributed by atoms with van der Waals surface area (Å²) >= 11 is 11.1. The predicted octanol–water partition coefficient (Wildman–Crippen LogP) is 3.79. The summed E-state index contributed by atoms with van der Waals surface area (Å²) in [5.74, 6) is -1.23. The number of benzene rings is 1. The van der Waals surface area contributed by atoms with E-state index in [9.17, 15) is 26.0 Å². The molecule has 1 aromatic rings. The van der Waals surface area contributed by atoms with E-state index < -0.39 is 39.9 Å². The molecule has 10 heteroatoms. The van der Waals surface area contributed by atoms with E-state index in [2.05, 4.69) is 0 Å². The molecule has 0 heterocycles. The summed E-state index contributed by atoms with van der Waals surface area (Å²) in [6.45, 7) is -0.772. The van der Waals surface area contributed by atoms with Gasteiger partial charge in [-0.3, -0.25) is 0 Å². The zero-order valence-corrected chi connectivity index (χ0v) is 13.0. The van der Waals surface area contributed by atoms with Crippen molar-refractivity contribution in [2.24, 2.45) is 0 Å². The van der Waals surface area contributed by atoms with Crippen LogP contribution in [0.25, 0.3) is 0 Å². The molecule has 0 radical (unpaired) electrons. The quantitative estimate of drug-likeness (QED) is 0.586. The number of halogens is 6. The number of hydrogen-bond donors (Lipinski definition) is 0. The van der Waals surface area contributed by atoms with Gasteiger partial charge in [0.2, 0.25) is 10.0 Å². The summed E-state index contributed by atoms with van der Waals surface area (Å²) in [6, 6.07) is 1.69. The van der Waals surface area contributed by atoms with Crippen molar-refractivity contribution in [3.05, 3.63) is 28.5 Å². The number of nitrogens with zero attached hydrogens (tertiary/aromatic N) is 1. The summed E-state index contributed by atoms with van der Waals surface area (Å²) in [7, 11) is -3.28. The van der Waals surface area contributed by atoms with E-state index in [4.69, 9.17) is 23.2 Å². The van der Waals surface area contributed by atoms with E-state index in [1.165, 1.54) is 0 Å². The summed E-state index contributed by atoms with van der Waals surface area (Å²) in [5.41, 5.74) is 0.0427. The van der Waals surface area contributed by atoms with Crippen molar-refractivity contribution < 1.29 is 26.0 Å². The monoisotopic (exact) mass is 367 g/mol. The lowest BCUT2D eigenvalue weighted by Gasteiger charge is -2.18. The van der Waals surface area contributed by atoms with E-state index in [0.717, 1.165) is 13.1 Å². The lowest BCUT2D eigenvalue weighted by Crippen LogP contribution is -2.30. The molecule has 0 fully saturated rings. The molecule has 0 N–H and O–H groups in total. The molecule has 120 valence electrons. The van der Waals surface area contributed by atoms with Crippen LogP contribution in [0.5, 0.6) is 0 Å². The maximum atomic E-state index is 13.5. The van der Waals surface area contributed by atoms with Gasteiger partial charge in [0.15, 0.2) is 0 Å². The molecular weight excluding hydrogens is 357 g/mol. The Morgan fingerprint density at radius 1 is 1.29 bits per heavy atom. The van der Waals surface area contributed by atoms with Crippen LogP contribution in [0.1, 0.15) is 12.0 Å². The second-order valence-corrected chi connectivity index (χ2v) is 6.89. The Labute approximate surface area is 129 Å². The molecule has 0 bridgehead atoms. The molecule has 0 saturated heterocycles. The average molecular weight is 368 g/mol. The maximum absolute atomic E-state index is 13.5. The van der Waals surface area contributed by atoms with Gasteiger partial charge in [0.1, 0.15) is 5.82 Å². The zero-order valence-electron chi connectivity index (χ0n) is 10.7. The van der Waals surface area contributed by atoms with Gasteiger partial charge < -0.3 is 0 Å². The van der Waals surface area contributed by atoms with Crippen LogP contribution in [0.4, 0.5) is 17.6 Å². The lowest BCUT2D eigenvalue weighted by atomic mass is 10.2. The van der Waals surface area contributed by atoms with Crippen molar-refractivity contribution in [1.29, 1.82) is 0 Å². The molecule has 0 saturated carbocycles. The van der Waals surface area contributed by atoms with E-state index >= 15 is 0 Å². The normalized spacial score (nSPS) is 13.0. The van der Waals surface area contributed by atoms with Gasteiger partial charge in [0.05, 0.1) is 16.3 Å². The van der Waals surface area contributed by atoms with Crippen LogP contribution in [-0.2, 0) is 15.9 Å². The highest BCUT2D eigenvalue weighted by Crippen LogP contribution is 2.28. The van der Waals surface area contributed by atoms with Gasteiger partial charge in [-0.05, 0) is 17.7 Å². The second kappa shape index (κ2) is 6.68. The SMILES string of the molecule is CN(CCC(F)(F)F)S(=O)(=O)c1cc(F)c(Cl)c(CCl)c1. The van der Waals surface area contributed by atoms with Crippen molar-refractivity contribution in [2.75, 3.05) is 13.6 Å². The smallest absolute Gasteiger partial charge is 0.207 e. The van der Waals surface area contributed by atoms with Gasteiger partial charge in [-0.2, -0.15) is 13.2 Å². The topological polar surface area (TPSA) is 37.4 Å². The first-order valence-electron chi connectivity index (χ1n) is 5.56. The minimum atomic E-state index is -4.49. The van der Waals surface area contributed by atoms with Gasteiger partial charge in [-0.1, -0.05) is 11.6 Å². The highest BCUT2D eigenvalue weighted by atomic mass is 35.5. The predicted molar refractivity (Wildman–Crippen MR) is 71.5 cm³/mol. The Bertz CT molecular complexity index is 619. The van der Waals surface area contributed by atoms with Gasteiger partial charge >= 0.3 is 6.18 Å². The summed E-state index contributed by atoms with van der Waals surface area (Å²) < 4.78 is 74.6.